The van der Waals surface area contributed by atoms with Crippen molar-refractivity contribution in [3.8, 4) is 11.5 Å². The average Bonchev–Trinajstić information content (AvgIpc) is 2.56. The molecule has 1 aromatic carbocycles. The van der Waals surface area contributed by atoms with Crippen LogP contribution in [0, 0.1) is 0 Å². The third kappa shape index (κ3) is 6.73. The van der Waals surface area contributed by atoms with E-state index in [-0.39, 0.29) is 24.7 Å². The third-order valence-corrected chi connectivity index (χ3v) is 3.92. The zero-order chi connectivity index (χ0) is 19.8. The summed E-state index contributed by atoms with van der Waals surface area (Å²) < 4.78 is 16.7. The summed E-state index contributed by atoms with van der Waals surface area (Å²) in [4.78, 5) is 26.2. The fourth-order valence-electron chi connectivity index (χ4n) is 3.07. The van der Waals surface area contributed by atoms with E-state index in [2.05, 4.69) is 10.6 Å². The second kappa shape index (κ2) is 10.1. The van der Waals surface area contributed by atoms with Gasteiger partial charge in [0.15, 0.2) is 11.5 Å². The normalized spacial score (nSPS) is 20.0. The first-order chi connectivity index (χ1) is 12.9. The SMILES string of the molecule is CCOc1ccc(NC(=O)NC(=O)CN2C[C@H](C)O[C@@H](C)C2)cc1OCC. The number of benzene rings is 1. The van der Waals surface area contributed by atoms with Gasteiger partial charge in [0, 0.05) is 24.8 Å². The van der Waals surface area contributed by atoms with E-state index >= 15 is 0 Å². The molecule has 0 unspecified atom stereocenters. The number of rotatable bonds is 7. The first-order valence-electron chi connectivity index (χ1n) is 9.29. The molecule has 1 aromatic rings. The molecule has 3 amide bonds. The molecule has 27 heavy (non-hydrogen) atoms. The lowest BCUT2D eigenvalue weighted by atomic mass is 10.2. The molecular weight excluding hydrogens is 350 g/mol. The first-order valence-corrected chi connectivity index (χ1v) is 9.29. The van der Waals surface area contributed by atoms with E-state index in [0.717, 1.165) is 0 Å². The molecule has 1 fully saturated rings. The van der Waals surface area contributed by atoms with Crippen LogP contribution in [0.3, 0.4) is 0 Å². The number of carbonyl (C=O) groups is 2. The molecule has 150 valence electrons. The van der Waals surface area contributed by atoms with Crippen molar-refractivity contribution in [1.29, 1.82) is 0 Å². The molecule has 0 saturated carbocycles. The van der Waals surface area contributed by atoms with Crippen molar-refractivity contribution in [1.82, 2.24) is 10.2 Å². The highest BCUT2D eigenvalue weighted by atomic mass is 16.5. The second-order valence-electron chi connectivity index (χ2n) is 6.48. The molecule has 1 aliphatic rings. The summed E-state index contributed by atoms with van der Waals surface area (Å²) in [5, 5.41) is 5.00. The van der Waals surface area contributed by atoms with Gasteiger partial charge in [-0.25, -0.2) is 4.79 Å². The van der Waals surface area contributed by atoms with Crippen LogP contribution in [0.15, 0.2) is 18.2 Å². The second-order valence-corrected chi connectivity index (χ2v) is 6.48. The van der Waals surface area contributed by atoms with E-state index in [1.54, 1.807) is 18.2 Å². The van der Waals surface area contributed by atoms with Gasteiger partial charge in [-0.15, -0.1) is 0 Å². The molecular formula is C19H29N3O5. The molecule has 1 saturated heterocycles. The molecule has 1 aliphatic heterocycles. The fraction of sp³-hybridized carbons (Fsp3) is 0.579. The van der Waals surface area contributed by atoms with Crippen LogP contribution in [0.4, 0.5) is 10.5 Å². The molecule has 8 nitrogen and oxygen atoms in total. The first kappa shape index (κ1) is 21.0. The monoisotopic (exact) mass is 379 g/mol. The van der Waals surface area contributed by atoms with E-state index < -0.39 is 6.03 Å². The van der Waals surface area contributed by atoms with Gasteiger partial charge in [0.1, 0.15) is 0 Å². The number of hydrogen-bond acceptors (Lipinski definition) is 6. The quantitative estimate of drug-likeness (QED) is 0.755. The van der Waals surface area contributed by atoms with E-state index in [0.29, 0.717) is 43.5 Å². The minimum absolute atomic E-state index is 0.0659. The van der Waals surface area contributed by atoms with Crippen LogP contribution in [0.5, 0.6) is 11.5 Å². The zero-order valence-corrected chi connectivity index (χ0v) is 16.4. The zero-order valence-electron chi connectivity index (χ0n) is 16.4. The molecule has 2 N–H and O–H groups in total. The van der Waals surface area contributed by atoms with Crippen LogP contribution in [-0.4, -0.2) is 61.9 Å². The van der Waals surface area contributed by atoms with Gasteiger partial charge in [0.25, 0.3) is 0 Å². The van der Waals surface area contributed by atoms with Gasteiger partial charge >= 0.3 is 6.03 Å². The number of nitrogens with one attached hydrogen (secondary N) is 2. The van der Waals surface area contributed by atoms with Crippen molar-refractivity contribution >= 4 is 17.6 Å². The topological polar surface area (TPSA) is 89.1 Å². The summed E-state index contributed by atoms with van der Waals surface area (Å²) in [5.74, 6) is 0.793. The number of nitrogens with zero attached hydrogens (tertiary/aromatic N) is 1. The van der Waals surface area contributed by atoms with Crippen LogP contribution in [0.1, 0.15) is 27.7 Å². The van der Waals surface area contributed by atoms with Gasteiger partial charge in [-0.1, -0.05) is 0 Å². The van der Waals surface area contributed by atoms with Crippen molar-refractivity contribution in [2.45, 2.75) is 39.9 Å². The smallest absolute Gasteiger partial charge is 0.325 e. The average molecular weight is 379 g/mol. The number of amides is 3. The van der Waals surface area contributed by atoms with E-state index in [1.165, 1.54) is 0 Å². The summed E-state index contributed by atoms with van der Waals surface area (Å²) in [6.45, 7) is 10.2. The Bertz CT molecular complexity index is 642. The van der Waals surface area contributed by atoms with Crippen molar-refractivity contribution in [2.24, 2.45) is 0 Å². The molecule has 0 aliphatic carbocycles. The lowest BCUT2D eigenvalue weighted by Crippen LogP contribution is -2.50. The highest BCUT2D eigenvalue weighted by Gasteiger charge is 2.24. The number of imide groups is 1. The summed E-state index contributed by atoms with van der Waals surface area (Å²) in [7, 11) is 0. The van der Waals surface area contributed by atoms with Gasteiger partial charge < -0.3 is 19.5 Å². The molecule has 0 bridgehead atoms. The van der Waals surface area contributed by atoms with Crippen LogP contribution in [-0.2, 0) is 9.53 Å². The van der Waals surface area contributed by atoms with Gasteiger partial charge in [-0.05, 0) is 39.8 Å². The Kier molecular flexibility index (Phi) is 7.87. The summed E-state index contributed by atoms with van der Waals surface area (Å²) in [5.41, 5.74) is 0.515. The van der Waals surface area contributed by atoms with Crippen molar-refractivity contribution in [3.05, 3.63) is 18.2 Å². The number of carbonyl (C=O) groups excluding carboxylic acids is 2. The Labute approximate surface area is 160 Å². The Hall–Kier alpha value is -2.32. The maximum Gasteiger partial charge on any atom is 0.325 e. The highest BCUT2D eigenvalue weighted by Crippen LogP contribution is 2.30. The van der Waals surface area contributed by atoms with Crippen molar-refractivity contribution in [2.75, 3.05) is 38.2 Å². The number of ether oxygens (including phenoxy) is 3. The predicted octanol–water partition coefficient (Wildman–Crippen LogP) is 2.24. The Morgan fingerprint density at radius 2 is 1.74 bits per heavy atom. The minimum Gasteiger partial charge on any atom is -0.490 e. The van der Waals surface area contributed by atoms with Crippen LogP contribution in [0.25, 0.3) is 0 Å². The molecule has 1 heterocycles. The molecule has 0 radical (unpaired) electrons. The number of morpholine rings is 1. The summed E-state index contributed by atoms with van der Waals surface area (Å²) in [6.07, 6.45) is 0.132. The third-order valence-electron chi connectivity index (χ3n) is 3.92. The molecule has 2 atom stereocenters. The van der Waals surface area contributed by atoms with E-state index in [9.17, 15) is 9.59 Å². The van der Waals surface area contributed by atoms with Crippen LogP contribution >= 0.6 is 0 Å². The standard InChI is InChI=1S/C19H29N3O5/c1-5-25-16-8-7-15(9-17(16)26-6-2)20-19(24)21-18(23)12-22-10-13(3)27-14(4)11-22/h7-9,13-14H,5-6,10-12H2,1-4H3,(H2,20,21,23,24)/t13-,14-/m0/s1. The Morgan fingerprint density at radius 3 is 2.37 bits per heavy atom. The van der Waals surface area contributed by atoms with E-state index in [1.807, 2.05) is 32.6 Å². The van der Waals surface area contributed by atoms with Crippen LogP contribution in [0.2, 0.25) is 0 Å². The number of anilines is 1. The predicted molar refractivity (Wildman–Crippen MR) is 102 cm³/mol. The maximum atomic E-state index is 12.1. The Morgan fingerprint density at radius 1 is 1.11 bits per heavy atom. The van der Waals surface area contributed by atoms with Gasteiger partial charge in [0.2, 0.25) is 5.91 Å². The molecule has 2 rings (SSSR count). The van der Waals surface area contributed by atoms with Crippen molar-refractivity contribution < 1.29 is 23.8 Å². The molecule has 8 heteroatoms. The highest BCUT2D eigenvalue weighted by molar-refractivity contribution is 6.01. The number of hydrogen-bond donors (Lipinski definition) is 2. The minimum atomic E-state index is -0.582. The van der Waals surface area contributed by atoms with Gasteiger partial charge in [-0.3, -0.25) is 15.0 Å². The van der Waals surface area contributed by atoms with Crippen LogP contribution < -0.4 is 20.1 Å². The summed E-state index contributed by atoms with van der Waals surface area (Å²) in [6, 6.07) is 4.51. The lowest BCUT2D eigenvalue weighted by molar-refractivity contribution is -0.124. The molecule has 0 spiro atoms. The largest absolute Gasteiger partial charge is 0.490 e. The molecule has 0 aromatic heterocycles. The van der Waals surface area contributed by atoms with Gasteiger partial charge in [0.05, 0.1) is 32.0 Å². The lowest BCUT2D eigenvalue weighted by Gasteiger charge is -2.34. The summed E-state index contributed by atoms with van der Waals surface area (Å²) >= 11 is 0. The van der Waals surface area contributed by atoms with Gasteiger partial charge in [-0.2, -0.15) is 0 Å². The maximum absolute atomic E-state index is 12.1. The fourth-order valence-corrected chi connectivity index (χ4v) is 3.07. The van der Waals surface area contributed by atoms with Crippen molar-refractivity contribution in [3.63, 3.8) is 0 Å². The van der Waals surface area contributed by atoms with E-state index in [4.69, 9.17) is 14.2 Å². The number of urea groups is 1. The Balaban J connectivity index is 1.89.